The van der Waals surface area contributed by atoms with Gasteiger partial charge in [-0.15, -0.1) is 0 Å². The molecular formula is C16H13Br2ClO2. The largest absolute Gasteiger partial charge is 0.493 e. The number of alkyl halides is 1. The van der Waals surface area contributed by atoms with Gasteiger partial charge in [0.05, 0.1) is 6.61 Å². The summed E-state index contributed by atoms with van der Waals surface area (Å²) in [5.74, 6) is 1.79. The highest BCUT2D eigenvalue weighted by Crippen LogP contribution is 2.34. The Labute approximate surface area is 145 Å². The maximum absolute atomic E-state index is 6.16. The SMILES string of the molecule is Clc1cc2c(c(COc3ccc(Br)cc3CBr)c1)OCC2. The fourth-order valence-electron chi connectivity index (χ4n) is 2.40. The minimum absolute atomic E-state index is 0.449. The van der Waals surface area contributed by atoms with Crippen molar-refractivity contribution in [1.29, 1.82) is 0 Å². The molecule has 0 radical (unpaired) electrons. The van der Waals surface area contributed by atoms with Gasteiger partial charge in [0.1, 0.15) is 18.1 Å². The Bertz CT molecular complexity index is 674. The van der Waals surface area contributed by atoms with Crippen LogP contribution in [0.15, 0.2) is 34.8 Å². The normalized spacial score (nSPS) is 12.9. The zero-order chi connectivity index (χ0) is 14.8. The Morgan fingerprint density at radius 2 is 2.05 bits per heavy atom. The first kappa shape index (κ1) is 15.2. The van der Waals surface area contributed by atoms with Crippen molar-refractivity contribution in [1.82, 2.24) is 0 Å². The summed E-state index contributed by atoms with van der Waals surface area (Å²) >= 11 is 13.1. The van der Waals surface area contributed by atoms with E-state index in [0.29, 0.717) is 13.2 Å². The lowest BCUT2D eigenvalue weighted by Crippen LogP contribution is -2.00. The molecule has 1 aliphatic heterocycles. The Morgan fingerprint density at radius 3 is 2.86 bits per heavy atom. The van der Waals surface area contributed by atoms with E-state index in [4.69, 9.17) is 21.1 Å². The molecule has 0 amide bonds. The summed E-state index contributed by atoms with van der Waals surface area (Å²) in [7, 11) is 0. The molecule has 2 nitrogen and oxygen atoms in total. The van der Waals surface area contributed by atoms with Crippen LogP contribution in [-0.2, 0) is 18.4 Å². The molecule has 21 heavy (non-hydrogen) atoms. The van der Waals surface area contributed by atoms with Crippen molar-refractivity contribution in [3.63, 3.8) is 0 Å². The molecule has 0 fully saturated rings. The molecule has 0 atom stereocenters. The second-order valence-corrected chi connectivity index (χ2v) is 6.74. The number of rotatable bonds is 4. The Hall–Kier alpha value is -0.710. The van der Waals surface area contributed by atoms with Crippen LogP contribution in [0.5, 0.6) is 11.5 Å². The molecule has 5 heteroatoms. The summed E-state index contributed by atoms with van der Waals surface area (Å²) in [4.78, 5) is 0. The number of hydrogen-bond donors (Lipinski definition) is 0. The molecular weight excluding hydrogens is 419 g/mol. The van der Waals surface area contributed by atoms with Gasteiger partial charge >= 0.3 is 0 Å². The van der Waals surface area contributed by atoms with Gasteiger partial charge in [-0.2, -0.15) is 0 Å². The van der Waals surface area contributed by atoms with E-state index in [1.807, 2.05) is 30.3 Å². The summed E-state index contributed by atoms with van der Waals surface area (Å²) in [5, 5.41) is 1.47. The third-order valence-corrected chi connectivity index (χ3v) is 4.69. The maximum Gasteiger partial charge on any atom is 0.129 e. The number of fused-ring (bicyclic) bond motifs is 1. The van der Waals surface area contributed by atoms with E-state index in [2.05, 4.69) is 31.9 Å². The van der Waals surface area contributed by atoms with Gasteiger partial charge in [-0.1, -0.05) is 43.5 Å². The number of halogens is 3. The molecule has 2 aromatic rings. The molecule has 1 aliphatic rings. The number of ether oxygens (including phenoxy) is 2. The fourth-order valence-corrected chi connectivity index (χ4v) is 3.51. The topological polar surface area (TPSA) is 18.5 Å². The van der Waals surface area contributed by atoms with Crippen molar-refractivity contribution in [3.05, 3.63) is 56.5 Å². The lowest BCUT2D eigenvalue weighted by Gasteiger charge is -2.13. The van der Waals surface area contributed by atoms with E-state index in [1.165, 1.54) is 0 Å². The average Bonchev–Trinajstić information content (AvgIpc) is 2.93. The van der Waals surface area contributed by atoms with Gasteiger partial charge in [-0.25, -0.2) is 0 Å². The minimum Gasteiger partial charge on any atom is -0.493 e. The second kappa shape index (κ2) is 6.59. The summed E-state index contributed by atoms with van der Waals surface area (Å²) in [5.41, 5.74) is 3.26. The standard InChI is InChI=1S/C16H13Br2ClO2/c17-8-11-5-13(18)1-2-15(11)21-9-12-7-14(19)6-10-3-4-20-16(10)12/h1-2,5-7H,3-4,8-9H2. The number of benzene rings is 2. The summed E-state index contributed by atoms with van der Waals surface area (Å²) in [6.07, 6.45) is 0.911. The highest BCUT2D eigenvalue weighted by atomic mass is 79.9. The summed E-state index contributed by atoms with van der Waals surface area (Å²) in [6.45, 7) is 1.16. The zero-order valence-corrected chi connectivity index (χ0v) is 15.1. The molecule has 0 unspecified atom stereocenters. The van der Waals surface area contributed by atoms with Crippen molar-refractivity contribution in [3.8, 4) is 11.5 Å². The molecule has 0 saturated carbocycles. The van der Waals surface area contributed by atoms with Crippen molar-refractivity contribution in [2.24, 2.45) is 0 Å². The van der Waals surface area contributed by atoms with Crippen LogP contribution in [0.1, 0.15) is 16.7 Å². The molecule has 0 N–H and O–H groups in total. The van der Waals surface area contributed by atoms with E-state index in [-0.39, 0.29) is 0 Å². The molecule has 0 saturated heterocycles. The third kappa shape index (κ3) is 3.38. The van der Waals surface area contributed by atoms with Crippen molar-refractivity contribution < 1.29 is 9.47 Å². The van der Waals surface area contributed by atoms with E-state index in [1.54, 1.807) is 0 Å². The van der Waals surface area contributed by atoms with Crippen LogP contribution in [0.2, 0.25) is 5.02 Å². The number of hydrogen-bond acceptors (Lipinski definition) is 2. The molecule has 0 aliphatic carbocycles. The first-order valence-corrected chi connectivity index (χ1v) is 8.88. The Balaban J connectivity index is 1.83. The van der Waals surface area contributed by atoms with E-state index < -0.39 is 0 Å². The predicted octanol–water partition coefficient (Wildman–Crippen LogP) is 5.51. The zero-order valence-electron chi connectivity index (χ0n) is 11.2. The smallest absolute Gasteiger partial charge is 0.129 e. The van der Waals surface area contributed by atoms with Crippen LogP contribution in [0.4, 0.5) is 0 Å². The van der Waals surface area contributed by atoms with Crippen LogP contribution in [0.25, 0.3) is 0 Å². The molecule has 1 heterocycles. The van der Waals surface area contributed by atoms with E-state index in [0.717, 1.165) is 49.4 Å². The molecule has 0 bridgehead atoms. The van der Waals surface area contributed by atoms with Crippen LogP contribution < -0.4 is 9.47 Å². The second-order valence-electron chi connectivity index (χ2n) is 4.83. The first-order chi connectivity index (χ1) is 10.2. The first-order valence-electron chi connectivity index (χ1n) is 6.58. The van der Waals surface area contributed by atoms with Crippen molar-refractivity contribution >= 4 is 43.5 Å². The van der Waals surface area contributed by atoms with Crippen molar-refractivity contribution in [2.45, 2.75) is 18.4 Å². The lowest BCUT2D eigenvalue weighted by atomic mass is 10.1. The van der Waals surface area contributed by atoms with Gasteiger partial charge in [-0.3, -0.25) is 0 Å². The van der Waals surface area contributed by atoms with Crippen molar-refractivity contribution in [2.75, 3.05) is 6.61 Å². The molecule has 0 aromatic heterocycles. The maximum atomic E-state index is 6.16. The molecule has 2 aromatic carbocycles. The fraction of sp³-hybridized carbons (Fsp3) is 0.250. The quantitative estimate of drug-likeness (QED) is 0.593. The van der Waals surface area contributed by atoms with Gasteiger partial charge in [0.25, 0.3) is 0 Å². The summed E-state index contributed by atoms with van der Waals surface area (Å²) < 4.78 is 12.7. The third-order valence-electron chi connectivity index (χ3n) is 3.38. The predicted molar refractivity (Wildman–Crippen MR) is 91.8 cm³/mol. The monoisotopic (exact) mass is 430 g/mol. The Kier molecular flexibility index (Phi) is 4.77. The van der Waals surface area contributed by atoms with E-state index >= 15 is 0 Å². The highest BCUT2D eigenvalue weighted by Gasteiger charge is 2.18. The van der Waals surface area contributed by atoms with Gasteiger partial charge in [0.2, 0.25) is 0 Å². The molecule has 3 rings (SSSR count). The Morgan fingerprint density at radius 1 is 1.19 bits per heavy atom. The van der Waals surface area contributed by atoms with Crippen LogP contribution >= 0.6 is 43.5 Å². The minimum atomic E-state index is 0.449. The highest BCUT2D eigenvalue weighted by molar-refractivity contribution is 9.10. The summed E-state index contributed by atoms with van der Waals surface area (Å²) in [6, 6.07) is 9.87. The van der Waals surface area contributed by atoms with Gasteiger partial charge in [0, 0.05) is 32.4 Å². The van der Waals surface area contributed by atoms with E-state index in [9.17, 15) is 0 Å². The van der Waals surface area contributed by atoms with Gasteiger partial charge in [0.15, 0.2) is 0 Å². The van der Waals surface area contributed by atoms with Crippen LogP contribution in [0, 0.1) is 0 Å². The van der Waals surface area contributed by atoms with Gasteiger partial charge < -0.3 is 9.47 Å². The van der Waals surface area contributed by atoms with Crippen LogP contribution in [-0.4, -0.2) is 6.61 Å². The molecule has 110 valence electrons. The van der Waals surface area contributed by atoms with Crippen LogP contribution in [0.3, 0.4) is 0 Å². The lowest BCUT2D eigenvalue weighted by molar-refractivity contribution is 0.290. The molecule has 0 spiro atoms. The van der Waals surface area contributed by atoms with Gasteiger partial charge in [-0.05, 0) is 35.9 Å². The average molecular weight is 433 g/mol.